The highest BCUT2D eigenvalue weighted by atomic mass is 16.6. The van der Waals surface area contributed by atoms with Gasteiger partial charge in [-0.1, -0.05) is 64.0 Å². The molecule has 8 atom stereocenters. The smallest absolute Gasteiger partial charge is 0.347 e. The Morgan fingerprint density at radius 2 is 1.82 bits per heavy atom. The first-order valence-electron chi connectivity index (χ1n) is 13.8. The maximum absolute atomic E-state index is 13.2. The average molecular weight is 531 g/mol. The molecule has 3 rings (SSSR count). The van der Waals surface area contributed by atoms with Gasteiger partial charge in [0.25, 0.3) is 0 Å². The number of allylic oxidation sites excluding steroid dienone is 2. The van der Waals surface area contributed by atoms with E-state index in [0.29, 0.717) is 31.4 Å². The molecule has 0 radical (unpaired) electrons. The van der Waals surface area contributed by atoms with Crippen molar-refractivity contribution in [3.63, 3.8) is 0 Å². The SMILES string of the molecule is CCc1ccc(OC(CC)C(=O)OC2CC(O)C=C3C=CC(C)C(CCCCC(O)C(O)C(=O)O)C32)cc1. The molecule has 0 aromatic heterocycles. The Bertz CT molecular complexity index is 984. The van der Waals surface area contributed by atoms with Crippen molar-refractivity contribution < 1.29 is 39.5 Å². The predicted octanol–water partition coefficient (Wildman–Crippen LogP) is 3.81. The van der Waals surface area contributed by atoms with E-state index in [1.165, 1.54) is 5.56 Å². The summed E-state index contributed by atoms with van der Waals surface area (Å²) in [6, 6.07) is 7.67. The van der Waals surface area contributed by atoms with Crippen molar-refractivity contribution in [3.8, 4) is 5.75 Å². The molecule has 1 aromatic carbocycles. The fourth-order valence-corrected chi connectivity index (χ4v) is 5.53. The molecule has 4 N–H and O–H groups in total. The minimum Gasteiger partial charge on any atom is -0.479 e. The van der Waals surface area contributed by atoms with Gasteiger partial charge in [0.05, 0.1) is 12.2 Å². The second kappa shape index (κ2) is 13.9. The lowest BCUT2D eigenvalue weighted by molar-refractivity contribution is -0.163. The van der Waals surface area contributed by atoms with Crippen molar-refractivity contribution in [1.29, 1.82) is 0 Å². The molecule has 38 heavy (non-hydrogen) atoms. The number of fused-ring (bicyclic) bond motifs is 1. The molecule has 0 spiro atoms. The van der Waals surface area contributed by atoms with Crippen LogP contribution in [0.3, 0.4) is 0 Å². The van der Waals surface area contributed by atoms with Crippen molar-refractivity contribution in [1.82, 2.24) is 0 Å². The zero-order chi connectivity index (χ0) is 27.8. The monoisotopic (exact) mass is 530 g/mol. The molecule has 0 aliphatic heterocycles. The second-order valence-electron chi connectivity index (χ2n) is 10.5. The molecule has 2 aliphatic carbocycles. The van der Waals surface area contributed by atoms with Gasteiger partial charge in [-0.3, -0.25) is 0 Å². The Kier molecular flexibility index (Phi) is 10.9. The number of aliphatic hydroxyl groups excluding tert-OH is 3. The lowest BCUT2D eigenvalue weighted by atomic mass is 9.66. The zero-order valence-corrected chi connectivity index (χ0v) is 22.5. The van der Waals surface area contributed by atoms with Crippen LogP contribution in [0.5, 0.6) is 5.75 Å². The number of aliphatic hydroxyl groups is 3. The third-order valence-electron chi connectivity index (χ3n) is 7.79. The molecule has 0 saturated heterocycles. The summed E-state index contributed by atoms with van der Waals surface area (Å²) in [6.45, 7) is 6.06. The zero-order valence-electron chi connectivity index (χ0n) is 22.5. The molecule has 8 heteroatoms. The number of hydrogen-bond donors (Lipinski definition) is 4. The summed E-state index contributed by atoms with van der Waals surface area (Å²) < 4.78 is 12.0. The van der Waals surface area contributed by atoms with Crippen LogP contribution >= 0.6 is 0 Å². The Balaban J connectivity index is 1.66. The number of unbranched alkanes of at least 4 members (excludes halogenated alkanes) is 1. The number of benzene rings is 1. The fourth-order valence-electron chi connectivity index (χ4n) is 5.53. The van der Waals surface area contributed by atoms with Crippen molar-refractivity contribution in [2.45, 2.75) is 96.2 Å². The quantitative estimate of drug-likeness (QED) is 0.223. The van der Waals surface area contributed by atoms with Crippen LogP contribution in [-0.4, -0.2) is 62.9 Å². The molecular weight excluding hydrogens is 488 g/mol. The summed E-state index contributed by atoms with van der Waals surface area (Å²) in [4.78, 5) is 24.1. The summed E-state index contributed by atoms with van der Waals surface area (Å²) >= 11 is 0. The van der Waals surface area contributed by atoms with E-state index in [9.17, 15) is 24.9 Å². The number of rotatable bonds is 13. The maximum Gasteiger partial charge on any atom is 0.347 e. The van der Waals surface area contributed by atoms with E-state index in [1.807, 2.05) is 43.3 Å². The van der Waals surface area contributed by atoms with Crippen molar-refractivity contribution >= 4 is 11.9 Å². The third-order valence-corrected chi connectivity index (χ3v) is 7.79. The summed E-state index contributed by atoms with van der Waals surface area (Å²) in [5, 5.41) is 38.8. The van der Waals surface area contributed by atoms with Crippen LogP contribution in [-0.2, 0) is 20.7 Å². The molecule has 2 aliphatic rings. The van der Waals surface area contributed by atoms with Gasteiger partial charge in [-0.2, -0.15) is 0 Å². The standard InChI is InChI=1S/C30H42O8/c1-4-19-11-14-22(15-12-19)37-25(5-2)30(36)38-26-17-21(31)16-20-13-10-18(3)23(27(20)26)8-6-7-9-24(32)28(33)29(34)35/h10-16,18,21,23-28,31-33H,4-9,17H2,1-3H3,(H,34,35). The van der Waals surface area contributed by atoms with E-state index < -0.39 is 42.5 Å². The number of aryl methyl sites for hydroxylation is 1. The van der Waals surface area contributed by atoms with Gasteiger partial charge in [0.15, 0.2) is 12.2 Å². The third kappa shape index (κ3) is 7.68. The van der Waals surface area contributed by atoms with Crippen LogP contribution in [0.1, 0.15) is 64.9 Å². The van der Waals surface area contributed by atoms with Gasteiger partial charge < -0.3 is 29.9 Å². The maximum atomic E-state index is 13.2. The number of carboxylic acids is 1. The number of carbonyl (C=O) groups is 2. The predicted molar refractivity (Wildman–Crippen MR) is 143 cm³/mol. The van der Waals surface area contributed by atoms with Crippen LogP contribution < -0.4 is 4.74 Å². The van der Waals surface area contributed by atoms with Crippen molar-refractivity contribution in [2.24, 2.45) is 17.8 Å². The highest BCUT2D eigenvalue weighted by molar-refractivity contribution is 5.75. The fraction of sp³-hybridized carbons (Fsp3) is 0.600. The summed E-state index contributed by atoms with van der Waals surface area (Å²) in [6.07, 6.45) is 4.76. The van der Waals surface area contributed by atoms with E-state index in [2.05, 4.69) is 19.9 Å². The summed E-state index contributed by atoms with van der Waals surface area (Å²) in [5.74, 6) is -1.01. The van der Waals surface area contributed by atoms with Crippen LogP contribution in [0, 0.1) is 17.8 Å². The Morgan fingerprint density at radius 1 is 1.11 bits per heavy atom. The molecule has 1 aromatic rings. The first kappa shape index (κ1) is 29.9. The van der Waals surface area contributed by atoms with Crippen LogP contribution in [0.15, 0.2) is 48.1 Å². The number of hydrogen-bond acceptors (Lipinski definition) is 7. The molecule has 8 unspecified atom stereocenters. The molecule has 0 bridgehead atoms. The first-order valence-corrected chi connectivity index (χ1v) is 13.8. The van der Waals surface area contributed by atoms with Crippen molar-refractivity contribution in [2.75, 3.05) is 0 Å². The largest absolute Gasteiger partial charge is 0.479 e. The Labute approximate surface area is 225 Å². The normalized spacial score (nSPS) is 27.0. The van der Waals surface area contributed by atoms with Gasteiger partial charge in [-0.15, -0.1) is 0 Å². The molecule has 0 saturated carbocycles. The van der Waals surface area contributed by atoms with Gasteiger partial charge in [0, 0.05) is 12.3 Å². The number of carbonyl (C=O) groups excluding carboxylic acids is 1. The molecular formula is C30H42O8. The molecule has 210 valence electrons. The lowest BCUT2D eigenvalue weighted by Crippen LogP contribution is -2.44. The summed E-state index contributed by atoms with van der Waals surface area (Å²) in [5.41, 5.74) is 2.14. The van der Waals surface area contributed by atoms with Crippen LogP contribution in [0.25, 0.3) is 0 Å². The van der Waals surface area contributed by atoms with Gasteiger partial charge >= 0.3 is 11.9 Å². The van der Waals surface area contributed by atoms with E-state index in [1.54, 1.807) is 0 Å². The minimum atomic E-state index is -1.79. The average Bonchev–Trinajstić information content (AvgIpc) is 2.90. The summed E-state index contributed by atoms with van der Waals surface area (Å²) in [7, 11) is 0. The van der Waals surface area contributed by atoms with Crippen LogP contribution in [0.4, 0.5) is 0 Å². The number of carboxylic acid groups (broad SMARTS) is 1. The highest BCUT2D eigenvalue weighted by Crippen LogP contribution is 2.44. The number of ether oxygens (including phenoxy) is 2. The minimum absolute atomic E-state index is 0.0850. The van der Waals surface area contributed by atoms with Gasteiger partial charge in [-0.05, 0) is 60.8 Å². The van der Waals surface area contributed by atoms with E-state index in [4.69, 9.17) is 14.6 Å². The first-order chi connectivity index (χ1) is 18.1. The topological polar surface area (TPSA) is 134 Å². The van der Waals surface area contributed by atoms with Gasteiger partial charge in [-0.25, -0.2) is 9.59 Å². The number of esters is 1. The highest BCUT2D eigenvalue weighted by Gasteiger charge is 2.42. The van der Waals surface area contributed by atoms with Gasteiger partial charge in [0.1, 0.15) is 11.9 Å². The molecule has 0 amide bonds. The number of aliphatic carboxylic acids is 1. The Morgan fingerprint density at radius 3 is 2.45 bits per heavy atom. The Hall–Kier alpha value is -2.68. The van der Waals surface area contributed by atoms with E-state index in [0.717, 1.165) is 18.4 Å². The van der Waals surface area contributed by atoms with Gasteiger partial charge in [0.2, 0.25) is 0 Å². The molecule has 0 fully saturated rings. The lowest BCUT2D eigenvalue weighted by Gasteiger charge is -2.43. The van der Waals surface area contributed by atoms with E-state index >= 15 is 0 Å². The van der Waals surface area contributed by atoms with Crippen LogP contribution in [0.2, 0.25) is 0 Å². The molecule has 8 nitrogen and oxygen atoms in total. The van der Waals surface area contributed by atoms with E-state index in [-0.39, 0.29) is 24.2 Å². The second-order valence-corrected chi connectivity index (χ2v) is 10.5. The molecule has 0 heterocycles. The van der Waals surface area contributed by atoms with Crippen molar-refractivity contribution in [3.05, 3.63) is 53.6 Å².